The second-order valence-electron chi connectivity index (χ2n) is 4.23. The molecule has 0 radical (unpaired) electrons. The van der Waals surface area contributed by atoms with Crippen molar-refractivity contribution in [1.82, 2.24) is 5.32 Å². The highest BCUT2D eigenvalue weighted by molar-refractivity contribution is 5.82. The normalized spacial score (nSPS) is 19.5. The molecule has 0 saturated heterocycles. The van der Waals surface area contributed by atoms with Gasteiger partial charge in [-0.1, -0.05) is 19.9 Å². The fourth-order valence-electron chi connectivity index (χ4n) is 1.59. The molecule has 0 saturated carbocycles. The fourth-order valence-corrected chi connectivity index (χ4v) is 1.59. The zero-order valence-corrected chi connectivity index (χ0v) is 9.79. The SMILES string of the molecule is CNC(=O)CCCC1C=C(C(C)C)C=N1. The van der Waals surface area contributed by atoms with Crippen LogP contribution in [0.4, 0.5) is 0 Å². The van der Waals surface area contributed by atoms with Gasteiger partial charge in [0.25, 0.3) is 0 Å². The van der Waals surface area contributed by atoms with Crippen LogP contribution >= 0.6 is 0 Å². The minimum atomic E-state index is 0.116. The first-order valence-electron chi connectivity index (χ1n) is 5.59. The molecule has 0 aromatic heterocycles. The third kappa shape index (κ3) is 3.86. The Hall–Kier alpha value is -1.12. The molecule has 0 fully saturated rings. The van der Waals surface area contributed by atoms with Crippen molar-refractivity contribution in [3.63, 3.8) is 0 Å². The third-order valence-corrected chi connectivity index (χ3v) is 2.65. The van der Waals surface area contributed by atoms with E-state index >= 15 is 0 Å². The van der Waals surface area contributed by atoms with Crippen LogP contribution in [0.1, 0.15) is 33.1 Å². The van der Waals surface area contributed by atoms with E-state index < -0.39 is 0 Å². The Balaban J connectivity index is 2.25. The van der Waals surface area contributed by atoms with Crippen molar-refractivity contribution in [2.75, 3.05) is 7.05 Å². The van der Waals surface area contributed by atoms with Crippen LogP contribution in [0, 0.1) is 5.92 Å². The lowest BCUT2D eigenvalue weighted by Crippen LogP contribution is -2.17. The van der Waals surface area contributed by atoms with E-state index in [9.17, 15) is 4.79 Å². The van der Waals surface area contributed by atoms with E-state index in [4.69, 9.17) is 0 Å². The van der Waals surface area contributed by atoms with Gasteiger partial charge in [0.2, 0.25) is 5.91 Å². The van der Waals surface area contributed by atoms with E-state index in [2.05, 4.69) is 30.2 Å². The summed E-state index contributed by atoms with van der Waals surface area (Å²) in [6, 6.07) is 0.298. The van der Waals surface area contributed by atoms with Crippen molar-refractivity contribution in [1.29, 1.82) is 0 Å². The highest BCUT2D eigenvalue weighted by Crippen LogP contribution is 2.18. The number of nitrogens with zero attached hydrogens (tertiary/aromatic N) is 1. The highest BCUT2D eigenvalue weighted by Gasteiger charge is 2.12. The first-order chi connectivity index (χ1) is 7.13. The van der Waals surface area contributed by atoms with Crippen LogP contribution in [0.25, 0.3) is 0 Å². The van der Waals surface area contributed by atoms with E-state index in [1.165, 1.54) is 5.57 Å². The lowest BCUT2D eigenvalue weighted by molar-refractivity contribution is -0.120. The maximum atomic E-state index is 11.0. The largest absolute Gasteiger partial charge is 0.359 e. The van der Waals surface area contributed by atoms with Crippen molar-refractivity contribution in [2.45, 2.75) is 39.2 Å². The molecule has 84 valence electrons. The molecule has 0 aromatic carbocycles. The van der Waals surface area contributed by atoms with Crippen molar-refractivity contribution < 1.29 is 4.79 Å². The second-order valence-corrected chi connectivity index (χ2v) is 4.23. The summed E-state index contributed by atoms with van der Waals surface area (Å²) >= 11 is 0. The first-order valence-corrected chi connectivity index (χ1v) is 5.59. The van der Waals surface area contributed by atoms with Gasteiger partial charge in [-0.25, -0.2) is 0 Å². The smallest absolute Gasteiger partial charge is 0.219 e. The van der Waals surface area contributed by atoms with Gasteiger partial charge < -0.3 is 5.32 Å². The molecule has 3 nitrogen and oxygen atoms in total. The van der Waals surface area contributed by atoms with Crippen LogP contribution in [0.2, 0.25) is 0 Å². The van der Waals surface area contributed by atoms with Gasteiger partial charge in [0.15, 0.2) is 0 Å². The van der Waals surface area contributed by atoms with Crippen molar-refractivity contribution in [3.8, 4) is 0 Å². The monoisotopic (exact) mass is 208 g/mol. The number of carbonyl (C=O) groups is 1. The van der Waals surface area contributed by atoms with Crippen LogP contribution in [0.3, 0.4) is 0 Å². The molecule has 1 aliphatic rings. The maximum Gasteiger partial charge on any atom is 0.219 e. The van der Waals surface area contributed by atoms with E-state index in [1.807, 2.05) is 6.21 Å². The summed E-state index contributed by atoms with van der Waals surface area (Å²) in [6.07, 6.45) is 6.67. The van der Waals surface area contributed by atoms with Gasteiger partial charge in [-0.05, 0) is 24.3 Å². The molecule has 1 N–H and O–H groups in total. The summed E-state index contributed by atoms with van der Waals surface area (Å²) in [7, 11) is 1.67. The minimum absolute atomic E-state index is 0.116. The topological polar surface area (TPSA) is 41.5 Å². The molecular weight excluding hydrogens is 188 g/mol. The molecule has 1 atom stereocenters. The number of aliphatic imine (C=N–C) groups is 1. The summed E-state index contributed by atoms with van der Waals surface area (Å²) in [5.74, 6) is 0.669. The van der Waals surface area contributed by atoms with E-state index in [0.717, 1.165) is 12.8 Å². The molecule has 0 bridgehead atoms. The van der Waals surface area contributed by atoms with Crippen LogP contribution in [-0.2, 0) is 4.79 Å². The molecule has 15 heavy (non-hydrogen) atoms. The van der Waals surface area contributed by atoms with Gasteiger partial charge in [-0.2, -0.15) is 0 Å². The zero-order chi connectivity index (χ0) is 11.3. The molecule has 1 amide bonds. The van der Waals surface area contributed by atoms with Gasteiger partial charge in [-0.3, -0.25) is 9.79 Å². The average molecular weight is 208 g/mol. The highest BCUT2D eigenvalue weighted by atomic mass is 16.1. The van der Waals surface area contributed by atoms with E-state index in [0.29, 0.717) is 18.4 Å². The van der Waals surface area contributed by atoms with Gasteiger partial charge in [0, 0.05) is 19.7 Å². The lowest BCUT2D eigenvalue weighted by atomic mass is 10.0. The van der Waals surface area contributed by atoms with Crippen molar-refractivity contribution >= 4 is 12.1 Å². The molecule has 3 heteroatoms. The number of rotatable bonds is 5. The zero-order valence-electron chi connectivity index (χ0n) is 9.79. The van der Waals surface area contributed by atoms with Crippen molar-refractivity contribution in [3.05, 3.63) is 11.6 Å². The number of amides is 1. The summed E-state index contributed by atoms with van der Waals surface area (Å²) in [4.78, 5) is 15.4. The van der Waals surface area contributed by atoms with Gasteiger partial charge >= 0.3 is 0 Å². The summed E-state index contributed by atoms with van der Waals surface area (Å²) < 4.78 is 0. The lowest BCUT2D eigenvalue weighted by Gasteiger charge is -2.04. The van der Waals surface area contributed by atoms with Crippen LogP contribution in [-0.4, -0.2) is 25.2 Å². The van der Waals surface area contributed by atoms with Crippen LogP contribution in [0.5, 0.6) is 0 Å². The Labute approximate surface area is 91.7 Å². The molecule has 1 rings (SSSR count). The number of nitrogens with one attached hydrogen (secondary N) is 1. The summed E-state index contributed by atoms with van der Waals surface area (Å²) in [5.41, 5.74) is 1.32. The van der Waals surface area contributed by atoms with Crippen LogP contribution in [0.15, 0.2) is 16.6 Å². The molecule has 0 aliphatic carbocycles. The maximum absolute atomic E-state index is 11.0. The van der Waals surface area contributed by atoms with Gasteiger partial charge in [0.1, 0.15) is 0 Å². The molecule has 0 aromatic rings. The first kappa shape index (κ1) is 12.0. The molecular formula is C12H20N2O. The quantitative estimate of drug-likeness (QED) is 0.737. The summed E-state index contributed by atoms with van der Waals surface area (Å²) in [6.45, 7) is 4.34. The Morgan fingerprint density at radius 3 is 2.87 bits per heavy atom. The number of allylic oxidation sites excluding steroid dienone is 1. The predicted molar refractivity (Wildman–Crippen MR) is 63.1 cm³/mol. The Morgan fingerprint density at radius 2 is 2.33 bits per heavy atom. The molecule has 1 heterocycles. The average Bonchev–Trinajstić information content (AvgIpc) is 2.66. The number of hydrogen-bond donors (Lipinski definition) is 1. The predicted octanol–water partition coefficient (Wildman–Crippen LogP) is 1.94. The van der Waals surface area contributed by atoms with Gasteiger partial charge in [0.05, 0.1) is 6.04 Å². The van der Waals surface area contributed by atoms with Crippen LogP contribution < -0.4 is 5.32 Å². The molecule has 0 spiro atoms. The number of hydrogen-bond acceptors (Lipinski definition) is 2. The van der Waals surface area contributed by atoms with Gasteiger partial charge in [-0.15, -0.1) is 0 Å². The Bertz CT molecular complexity index is 279. The standard InChI is InChI=1S/C12H20N2O/c1-9(2)10-7-11(14-8-10)5-4-6-12(15)13-3/h7-9,11H,4-6H2,1-3H3,(H,13,15). The number of carbonyl (C=O) groups excluding carboxylic acids is 1. The molecule has 1 unspecified atom stereocenters. The second kappa shape index (κ2) is 5.69. The van der Waals surface area contributed by atoms with Crippen molar-refractivity contribution in [2.24, 2.45) is 10.9 Å². The van der Waals surface area contributed by atoms with E-state index in [1.54, 1.807) is 7.05 Å². The Morgan fingerprint density at radius 1 is 1.60 bits per heavy atom. The molecule has 1 aliphatic heterocycles. The fraction of sp³-hybridized carbons (Fsp3) is 0.667. The summed E-state index contributed by atoms with van der Waals surface area (Å²) in [5, 5.41) is 2.62. The van der Waals surface area contributed by atoms with E-state index in [-0.39, 0.29) is 5.91 Å². The minimum Gasteiger partial charge on any atom is -0.359 e. The third-order valence-electron chi connectivity index (χ3n) is 2.65. The Kier molecular flexibility index (Phi) is 4.53.